The second-order valence-electron chi connectivity index (χ2n) is 3.27. The third kappa shape index (κ3) is 2.02. The van der Waals surface area contributed by atoms with Crippen molar-refractivity contribution in [3.8, 4) is 12.3 Å². The Morgan fingerprint density at radius 3 is 2.86 bits per heavy atom. The molecular formula is C11H12O3. The molecule has 0 saturated heterocycles. The molecule has 0 heterocycles. The summed E-state index contributed by atoms with van der Waals surface area (Å²) in [5.74, 6) is 2.05. The summed E-state index contributed by atoms with van der Waals surface area (Å²) in [4.78, 5) is 22.1. The quantitative estimate of drug-likeness (QED) is 0.488. The number of terminal acetylenes is 1. The van der Waals surface area contributed by atoms with Crippen LogP contribution in [0.3, 0.4) is 0 Å². The molecule has 0 spiro atoms. The number of carbonyl (C=O) groups is 2. The highest BCUT2D eigenvalue weighted by atomic mass is 16.5. The van der Waals surface area contributed by atoms with Crippen LogP contribution in [0.1, 0.15) is 26.7 Å². The summed E-state index contributed by atoms with van der Waals surface area (Å²) in [5, 5.41) is 0. The minimum atomic E-state index is -0.400. The van der Waals surface area contributed by atoms with Crippen molar-refractivity contribution in [2.45, 2.75) is 32.8 Å². The van der Waals surface area contributed by atoms with Crippen molar-refractivity contribution in [1.82, 2.24) is 0 Å². The molecule has 0 radical (unpaired) electrons. The fourth-order valence-electron chi connectivity index (χ4n) is 1.53. The maximum Gasteiger partial charge on any atom is 0.303 e. The van der Waals surface area contributed by atoms with E-state index in [1.54, 1.807) is 6.92 Å². The van der Waals surface area contributed by atoms with Gasteiger partial charge in [0.25, 0.3) is 0 Å². The zero-order chi connectivity index (χ0) is 10.7. The molecule has 0 saturated carbocycles. The maximum atomic E-state index is 11.4. The van der Waals surface area contributed by atoms with Gasteiger partial charge in [0.2, 0.25) is 0 Å². The van der Waals surface area contributed by atoms with Crippen LogP contribution in [0.4, 0.5) is 0 Å². The smallest absolute Gasteiger partial charge is 0.303 e. The molecule has 0 aromatic carbocycles. The number of hydrogen-bond acceptors (Lipinski definition) is 3. The van der Waals surface area contributed by atoms with Crippen LogP contribution >= 0.6 is 0 Å². The summed E-state index contributed by atoms with van der Waals surface area (Å²) < 4.78 is 4.98. The number of carbonyl (C=O) groups excluding carboxylic acids is 2. The van der Waals surface area contributed by atoms with Crippen molar-refractivity contribution >= 4 is 11.8 Å². The molecule has 1 rings (SSSR count). The molecule has 0 aromatic heterocycles. The van der Waals surface area contributed by atoms with Crippen LogP contribution in [-0.4, -0.2) is 17.9 Å². The first-order chi connectivity index (χ1) is 6.56. The average molecular weight is 192 g/mol. The number of Topliss-reactive ketones (excluding diaryl/α,β-unsaturated/α-hetero) is 1. The number of hydrogen-bond donors (Lipinski definition) is 0. The molecule has 3 heteroatoms. The zero-order valence-electron chi connectivity index (χ0n) is 8.29. The van der Waals surface area contributed by atoms with E-state index in [0.29, 0.717) is 12.0 Å². The first-order valence-electron chi connectivity index (χ1n) is 4.39. The highest BCUT2D eigenvalue weighted by Gasteiger charge is 2.30. The van der Waals surface area contributed by atoms with E-state index in [1.807, 2.05) is 0 Å². The van der Waals surface area contributed by atoms with Gasteiger partial charge >= 0.3 is 5.97 Å². The summed E-state index contributed by atoms with van der Waals surface area (Å²) in [5.41, 5.74) is 1.42. The largest absolute Gasteiger partial charge is 0.458 e. The first-order valence-corrected chi connectivity index (χ1v) is 4.39. The van der Waals surface area contributed by atoms with Gasteiger partial charge in [-0.2, -0.15) is 0 Å². The Labute approximate surface area is 83.1 Å². The second-order valence-corrected chi connectivity index (χ2v) is 3.27. The number of ketones is 1. The molecule has 1 aliphatic carbocycles. The third-order valence-corrected chi connectivity index (χ3v) is 2.25. The molecule has 3 nitrogen and oxygen atoms in total. The van der Waals surface area contributed by atoms with Gasteiger partial charge in [-0.25, -0.2) is 0 Å². The molecule has 14 heavy (non-hydrogen) atoms. The topological polar surface area (TPSA) is 43.4 Å². The lowest BCUT2D eigenvalue weighted by molar-refractivity contribution is -0.144. The second kappa shape index (κ2) is 4.10. The van der Waals surface area contributed by atoms with Crippen molar-refractivity contribution in [2.75, 3.05) is 0 Å². The van der Waals surface area contributed by atoms with Crippen LogP contribution in [0.25, 0.3) is 0 Å². The molecule has 0 N–H and O–H groups in total. The van der Waals surface area contributed by atoms with E-state index < -0.39 is 6.10 Å². The van der Waals surface area contributed by atoms with Gasteiger partial charge in [-0.15, -0.1) is 12.3 Å². The normalized spacial score (nSPS) is 20.9. The van der Waals surface area contributed by atoms with E-state index in [0.717, 1.165) is 5.57 Å². The summed E-state index contributed by atoms with van der Waals surface area (Å²) in [6.07, 6.45) is 5.30. The lowest BCUT2D eigenvalue weighted by atomic mass is 10.1. The van der Waals surface area contributed by atoms with Crippen LogP contribution < -0.4 is 0 Å². The maximum absolute atomic E-state index is 11.4. The van der Waals surface area contributed by atoms with Gasteiger partial charge in [0, 0.05) is 18.9 Å². The molecular weight excluding hydrogens is 180 g/mol. The Morgan fingerprint density at radius 1 is 1.71 bits per heavy atom. The highest BCUT2D eigenvalue weighted by Crippen LogP contribution is 2.27. The molecule has 1 atom stereocenters. The fourth-order valence-corrected chi connectivity index (χ4v) is 1.53. The molecule has 1 unspecified atom stereocenters. The van der Waals surface area contributed by atoms with Gasteiger partial charge in [-0.3, -0.25) is 9.59 Å². The third-order valence-electron chi connectivity index (χ3n) is 2.25. The lowest BCUT2D eigenvalue weighted by Crippen LogP contribution is -2.15. The molecule has 1 aliphatic rings. The van der Waals surface area contributed by atoms with Crippen LogP contribution in [-0.2, 0) is 14.3 Å². The number of allylic oxidation sites excluding steroid dienone is 1. The molecule has 0 aromatic rings. The van der Waals surface area contributed by atoms with Gasteiger partial charge in [0.1, 0.15) is 6.10 Å². The number of rotatable bonds is 2. The Morgan fingerprint density at radius 2 is 2.36 bits per heavy atom. The number of ether oxygens (including phenoxy) is 1. The average Bonchev–Trinajstić information content (AvgIpc) is 2.32. The molecule has 0 aliphatic heterocycles. The Balaban J connectivity index is 2.82. The lowest BCUT2D eigenvalue weighted by Gasteiger charge is -2.10. The minimum Gasteiger partial charge on any atom is -0.458 e. The van der Waals surface area contributed by atoms with E-state index >= 15 is 0 Å². The Kier molecular flexibility index (Phi) is 3.08. The molecule has 0 bridgehead atoms. The van der Waals surface area contributed by atoms with Gasteiger partial charge in [-0.05, 0) is 12.5 Å². The number of esters is 1. The van der Waals surface area contributed by atoms with Gasteiger partial charge in [0.15, 0.2) is 5.78 Å². The fraction of sp³-hybridized carbons (Fsp3) is 0.455. The standard InChI is InChI=1S/C11H12O3/c1-4-5-9-7(2)11(6-10(9)13)14-8(3)12/h1,11H,5-6H2,2-3H3. The predicted molar refractivity (Wildman–Crippen MR) is 51.3 cm³/mol. The Hall–Kier alpha value is -1.56. The zero-order valence-corrected chi connectivity index (χ0v) is 8.29. The predicted octanol–water partition coefficient (Wildman–Crippen LogP) is 1.23. The SMILES string of the molecule is C#CCC1=C(C)C(OC(C)=O)CC1=O. The molecule has 0 amide bonds. The van der Waals surface area contributed by atoms with Crippen molar-refractivity contribution < 1.29 is 14.3 Å². The van der Waals surface area contributed by atoms with E-state index in [1.165, 1.54) is 6.92 Å². The minimum absolute atomic E-state index is 0.00769. The summed E-state index contributed by atoms with van der Waals surface area (Å²) in [6, 6.07) is 0. The highest BCUT2D eigenvalue weighted by molar-refractivity contribution is 6.00. The molecule has 74 valence electrons. The van der Waals surface area contributed by atoms with Gasteiger partial charge in [-0.1, -0.05) is 0 Å². The van der Waals surface area contributed by atoms with Crippen LogP contribution in [0.5, 0.6) is 0 Å². The van der Waals surface area contributed by atoms with Crippen LogP contribution in [0.2, 0.25) is 0 Å². The van der Waals surface area contributed by atoms with Crippen LogP contribution in [0.15, 0.2) is 11.1 Å². The monoisotopic (exact) mass is 192 g/mol. The van der Waals surface area contributed by atoms with E-state index in [-0.39, 0.29) is 18.2 Å². The van der Waals surface area contributed by atoms with E-state index in [4.69, 9.17) is 11.2 Å². The van der Waals surface area contributed by atoms with E-state index in [9.17, 15) is 9.59 Å². The molecule has 0 fully saturated rings. The van der Waals surface area contributed by atoms with Crippen LogP contribution in [0, 0.1) is 12.3 Å². The van der Waals surface area contributed by atoms with Crippen molar-refractivity contribution in [3.63, 3.8) is 0 Å². The van der Waals surface area contributed by atoms with Gasteiger partial charge in [0.05, 0.1) is 6.42 Å². The Bertz CT molecular complexity index is 344. The summed E-state index contributed by atoms with van der Waals surface area (Å²) >= 11 is 0. The van der Waals surface area contributed by atoms with Gasteiger partial charge < -0.3 is 4.74 Å². The van der Waals surface area contributed by atoms with Crippen molar-refractivity contribution in [2.24, 2.45) is 0 Å². The van der Waals surface area contributed by atoms with Crippen molar-refractivity contribution in [3.05, 3.63) is 11.1 Å². The first kappa shape index (κ1) is 10.5. The summed E-state index contributed by atoms with van der Waals surface area (Å²) in [7, 11) is 0. The van der Waals surface area contributed by atoms with Crippen molar-refractivity contribution in [1.29, 1.82) is 0 Å². The summed E-state index contributed by atoms with van der Waals surface area (Å²) in [6.45, 7) is 3.11. The van der Waals surface area contributed by atoms with E-state index in [2.05, 4.69) is 5.92 Å².